The average molecular weight is 292 g/mol. The topological polar surface area (TPSA) is 58.0 Å². The van der Waals surface area contributed by atoms with Gasteiger partial charge in [-0.15, -0.1) is 0 Å². The van der Waals surface area contributed by atoms with Gasteiger partial charge in [0.05, 0.1) is 28.6 Å². The molecule has 0 atom stereocenters. The molecular weight excluding hydrogens is 284 g/mol. The van der Waals surface area contributed by atoms with Gasteiger partial charge in [0.15, 0.2) is 0 Å². The zero-order chi connectivity index (χ0) is 14.2. The van der Waals surface area contributed by atoms with Gasteiger partial charge in [-0.3, -0.25) is 4.98 Å². The Hall–Kier alpha value is -1.31. The molecule has 0 aliphatic rings. The molecule has 0 spiro atoms. The van der Waals surface area contributed by atoms with Crippen LogP contribution < -0.4 is 34.7 Å². The molecule has 0 aliphatic carbocycles. The SMILES string of the molecule is Cn1c(C(=O)[O-])ccc1-c1ccc(C(F)(F)F)cn1.[Na+]. The van der Waals surface area contributed by atoms with Crippen molar-refractivity contribution >= 4 is 5.97 Å². The number of halogens is 3. The number of carboxylic acid groups (broad SMARTS) is 1. The summed E-state index contributed by atoms with van der Waals surface area (Å²) in [5.74, 6) is -1.36. The first-order chi connectivity index (χ1) is 8.80. The smallest absolute Gasteiger partial charge is 0.543 e. The van der Waals surface area contributed by atoms with Gasteiger partial charge in [-0.25, -0.2) is 0 Å². The molecule has 8 heteroatoms. The third-order valence-electron chi connectivity index (χ3n) is 2.68. The van der Waals surface area contributed by atoms with E-state index in [4.69, 9.17) is 0 Å². The molecule has 2 heterocycles. The number of carbonyl (C=O) groups excluding carboxylic acids is 1. The van der Waals surface area contributed by atoms with Crippen molar-refractivity contribution < 1.29 is 52.6 Å². The number of rotatable bonds is 2. The van der Waals surface area contributed by atoms with Crippen LogP contribution in [0.1, 0.15) is 16.1 Å². The fraction of sp³-hybridized carbons (Fsp3) is 0.167. The first kappa shape index (κ1) is 16.7. The number of carboxylic acids is 1. The van der Waals surface area contributed by atoms with Gasteiger partial charge < -0.3 is 14.5 Å². The number of pyridine rings is 1. The van der Waals surface area contributed by atoms with Gasteiger partial charge in [-0.1, -0.05) is 0 Å². The standard InChI is InChI=1S/C12H9F3N2O2.Na/c1-17-9(4-5-10(17)11(18)19)8-3-2-7(6-16-8)12(13,14)15;/h2-6H,1H3,(H,18,19);/q;+1/p-1. The van der Waals surface area contributed by atoms with Gasteiger partial charge in [-0.2, -0.15) is 13.2 Å². The second kappa shape index (κ2) is 5.99. The Morgan fingerprint density at radius 3 is 2.30 bits per heavy atom. The van der Waals surface area contributed by atoms with Crippen molar-refractivity contribution in [1.29, 1.82) is 0 Å². The van der Waals surface area contributed by atoms with Gasteiger partial charge in [0.25, 0.3) is 0 Å². The molecule has 0 aromatic carbocycles. The number of hydrogen-bond acceptors (Lipinski definition) is 3. The third-order valence-corrected chi connectivity index (χ3v) is 2.68. The average Bonchev–Trinajstić information content (AvgIpc) is 2.70. The summed E-state index contributed by atoms with van der Waals surface area (Å²) < 4.78 is 38.4. The summed E-state index contributed by atoms with van der Waals surface area (Å²) >= 11 is 0. The Balaban J connectivity index is 0.00000200. The Labute approximate surface area is 134 Å². The van der Waals surface area contributed by atoms with Crippen molar-refractivity contribution in [1.82, 2.24) is 9.55 Å². The van der Waals surface area contributed by atoms with Crippen LogP contribution in [0.15, 0.2) is 30.5 Å². The van der Waals surface area contributed by atoms with Crippen LogP contribution in [0.3, 0.4) is 0 Å². The van der Waals surface area contributed by atoms with E-state index in [1.54, 1.807) is 0 Å². The molecule has 0 aliphatic heterocycles. The van der Waals surface area contributed by atoms with Crippen molar-refractivity contribution in [3.8, 4) is 11.4 Å². The van der Waals surface area contributed by atoms with Gasteiger partial charge in [0.1, 0.15) is 0 Å². The maximum absolute atomic E-state index is 12.4. The van der Waals surface area contributed by atoms with Gasteiger partial charge in [-0.05, 0) is 24.3 Å². The molecular formula is C12H8F3N2NaO2. The van der Waals surface area contributed by atoms with Crippen LogP contribution >= 0.6 is 0 Å². The molecule has 0 amide bonds. The molecule has 0 saturated carbocycles. The van der Waals surface area contributed by atoms with E-state index < -0.39 is 17.7 Å². The number of nitrogens with zero attached hydrogens (tertiary/aromatic N) is 2. The Morgan fingerprint density at radius 2 is 1.90 bits per heavy atom. The molecule has 0 saturated heterocycles. The summed E-state index contributed by atoms with van der Waals surface area (Å²) in [5, 5.41) is 10.8. The zero-order valence-corrected chi connectivity index (χ0v) is 12.7. The minimum atomic E-state index is -4.45. The molecule has 4 nitrogen and oxygen atoms in total. The second-order valence-corrected chi connectivity index (χ2v) is 3.88. The second-order valence-electron chi connectivity index (χ2n) is 3.88. The summed E-state index contributed by atoms with van der Waals surface area (Å²) in [4.78, 5) is 14.4. The van der Waals surface area contributed by atoms with Crippen LogP contribution in [0.25, 0.3) is 11.4 Å². The number of alkyl halides is 3. The van der Waals surface area contributed by atoms with Crippen molar-refractivity contribution in [2.75, 3.05) is 0 Å². The van der Waals surface area contributed by atoms with E-state index >= 15 is 0 Å². The van der Waals surface area contributed by atoms with Crippen molar-refractivity contribution in [2.24, 2.45) is 7.05 Å². The minimum Gasteiger partial charge on any atom is -0.543 e. The predicted molar refractivity (Wildman–Crippen MR) is 58.0 cm³/mol. The summed E-state index contributed by atoms with van der Waals surface area (Å²) in [6, 6.07) is 4.86. The van der Waals surface area contributed by atoms with E-state index in [0.29, 0.717) is 11.9 Å². The van der Waals surface area contributed by atoms with Crippen LogP contribution in [0, 0.1) is 0 Å². The molecule has 20 heavy (non-hydrogen) atoms. The van der Waals surface area contributed by atoms with Crippen molar-refractivity contribution in [2.45, 2.75) is 6.18 Å². The van der Waals surface area contributed by atoms with E-state index in [9.17, 15) is 23.1 Å². The van der Waals surface area contributed by atoms with Crippen LogP contribution in [0.5, 0.6) is 0 Å². The van der Waals surface area contributed by atoms with Crippen LogP contribution in [-0.4, -0.2) is 15.5 Å². The Bertz CT molecular complexity index is 621. The van der Waals surface area contributed by atoms with Crippen LogP contribution in [-0.2, 0) is 13.2 Å². The Morgan fingerprint density at radius 1 is 1.25 bits per heavy atom. The van der Waals surface area contributed by atoms with Crippen molar-refractivity contribution in [3.05, 3.63) is 41.7 Å². The van der Waals surface area contributed by atoms with Gasteiger partial charge in [0.2, 0.25) is 0 Å². The maximum Gasteiger partial charge on any atom is 1.00 e. The molecule has 100 valence electrons. The summed E-state index contributed by atoms with van der Waals surface area (Å²) in [6.07, 6.45) is -3.74. The summed E-state index contributed by atoms with van der Waals surface area (Å²) in [5.41, 5.74) is -0.279. The fourth-order valence-corrected chi connectivity index (χ4v) is 1.69. The molecule has 0 bridgehead atoms. The predicted octanol–water partition coefficient (Wildman–Crippen LogP) is -1.53. The van der Waals surface area contributed by atoms with Crippen LogP contribution in [0.2, 0.25) is 0 Å². The quantitative estimate of drug-likeness (QED) is 0.631. The fourth-order valence-electron chi connectivity index (χ4n) is 1.69. The van der Waals surface area contributed by atoms with E-state index in [1.807, 2.05) is 0 Å². The van der Waals surface area contributed by atoms with Crippen LogP contribution in [0.4, 0.5) is 13.2 Å². The molecule has 2 rings (SSSR count). The zero-order valence-electron chi connectivity index (χ0n) is 10.7. The molecule has 0 N–H and O–H groups in total. The number of carbonyl (C=O) groups is 1. The van der Waals surface area contributed by atoms with Crippen molar-refractivity contribution in [3.63, 3.8) is 0 Å². The summed E-state index contributed by atoms with van der Waals surface area (Å²) in [7, 11) is 1.47. The minimum absolute atomic E-state index is 0. The number of hydrogen-bond donors (Lipinski definition) is 0. The molecule has 2 aromatic heterocycles. The van der Waals surface area contributed by atoms with Gasteiger partial charge >= 0.3 is 35.7 Å². The first-order valence-corrected chi connectivity index (χ1v) is 5.21. The monoisotopic (exact) mass is 292 g/mol. The van der Waals surface area contributed by atoms with E-state index in [0.717, 1.165) is 6.07 Å². The third kappa shape index (κ3) is 3.23. The molecule has 0 fully saturated rings. The number of aromatic carboxylic acids is 1. The normalized spacial score (nSPS) is 11.0. The van der Waals surface area contributed by atoms with E-state index in [1.165, 1.54) is 29.8 Å². The molecule has 0 unspecified atom stereocenters. The first-order valence-electron chi connectivity index (χ1n) is 5.21. The van der Waals surface area contributed by atoms with Gasteiger partial charge in [0, 0.05) is 13.2 Å². The number of aromatic nitrogens is 2. The Kier molecular flexibility index (Phi) is 5.01. The maximum atomic E-state index is 12.4. The van der Waals surface area contributed by atoms with E-state index in [-0.39, 0.29) is 40.9 Å². The molecule has 0 radical (unpaired) electrons. The largest absolute Gasteiger partial charge is 1.00 e. The summed E-state index contributed by atoms with van der Waals surface area (Å²) in [6.45, 7) is 0. The molecule has 2 aromatic rings. The van der Waals surface area contributed by atoms with E-state index in [2.05, 4.69) is 4.98 Å².